The Labute approximate surface area is 73.4 Å². The maximum atomic E-state index is 11.4. The molecule has 1 amide bonds. The average molecular weight is 168 g/mol. The first-order chi connectivity index (χ1) is 5.75. The summed E-state index contributed by atoms with van der Waals surface area (Å²) in [6.45, 7) is 6.57. The Kier molecular flexibility index (Phi) is 3.29. The summed E-state index contributed by atoms with van der Waals surface area (Å²) in [5.41, 5.74) is 0. The first-order valence-electron chi connectivity index (χ1n) is 4.39. The molecular weight excluding hydrogens is 152 g/mol. The summed E-state index contributed by atoms with van der Waals surface area (Å²) in [6.07, 6.45) is 3.42. The average Bonchev–Trinajstić information content (AvgIpc) is 2.05. The van der Waals surface area contributed by atoms with E-state index in [9.17, 15) is 4.79 Å². The third-order valence-corrected chi connectivity index (χ3v) is 2.09. The minimum Gasteiger partial charge on any atom is -0.334 e. The molecule has 1 saturated heterocycles. The van der Waals surface area contributed by atoms with Crippen LogP contribution < -0.4 is 5.32 Å². The van der Waals surface area contributed by atoms with Gasteiger partial charge in [0.2, 0.25) is 5.91 Å². The summed E-state index contributed by atoms with van der Waals surface area (Å²) < 4.78 is 0. The van der Waals surface area contributed by atoms with Gasteiger partial charge in [-0.3, -0.25) is 4.79 Å². The van der Waals surface area contributed by atoms with Crippen molar-refractivity contribution in [1.82, 2.24) is 10.2 Å². The van der Waals surface area contributed by atoms with E-state index in [0.717, 1.165) is 19.6 Å². The predicted molar refractivity (Wildman–Crippen MR) is 48.9 cm³/mol. The molecule has 0 unspecified atom stereocenters. The van der Waals surface area contributed by atoms with Gasteiger partial charge in [0, 0.05) is 25.7 Å². The van der Waals surface area contributed by atoms with Crippen molar-refractivity contribution < 1.29 is 4.79 Å². The van der Waals surface area contributed by atoms with Crippen LogP contribution >= 0.6 is 0 Å². The van der Waals surface area contributed by atoms with Gasteiger partial charge in [-0.1, -0.05) is 6.08 Å². The summed E-state index contributed by atoms with van der Waals surface area (Å²) in [7, 11) is 0. The number of carbonyl (C=O) groups is 1. The van der Waals surface area contributed by atoms with Gasteiger partial charge in [-0.05, 0) is 19.9 Å². The van der Waals surface area contributed by atoms with Gasteiger partial charge in [0.05, 0.1) is 0 Å². The molecule has 68 valence electrons. The van der Waals surface area contributed by atoms with Gasteiger partial charge in [0.15, 0.2) is 0 Å². The van der Waals surface area contributed by atoms with Crippen LogP contribution in [0, 0.1) is 0 Å². The summed E-state index contributed by atoms with van der Waals surface area (Å²) in [5.74, 6) is 0.131. The molecule has 1 atom stereocenters. The molecule has 0 aromatic rings. The zero-order chi connectivity index (χ0) is 8.97. The van der Waals surface area contributed by atoms with E-state index in [2.05, 4.69) is 12.2 Å². The van der Waals surface area contributed by atoms with Crippen LogP contribution in [-0.4, -0.2) is 36.5 Å². The molecule has 1 N–H and O–H groups in total. The fourth-order valence-electron chi connectivity index (χ4n) is 1.41. The zero-order valence-corrected chi connectivity index (χ0v) is 7.71. The predicted octanol–water partition coefficient (Wildman–Crippen LogP) is 0.383. The highest BCUT2D eigenvalue weighted by Crippen LogP contribution is 2.02. The van der Waals surface area contributed by atoms with E-state index in [4.69, 9.17) is 0 Å². The van der Waals surface area contributed by atoms with Gasteiger partial charge >= 0.3 is 0 Å². The molecule has 0 aromatic heterocycles. The van der Waals surface area contributed by atoms with Gasteiger partial charge in [-0.2, -0.15) is 0 Å². The normalized spacial score (nSPS) is 24.8. The van der Waals surface area contributed by atoms with Crippen LogP contribution in [0.5, 0.6) is 0 Å². The molecule has 0 radical (unpaired) electrons. The fraction of sp³-hybridized carbons (Fsp3) is 0.667. The van der Waals surface area contributed by atoms with Gasteiger partial charge in [0.1, 0.15) is 0 Å². The largest absolute Gasteiger partial charge is 0.334 e. The minimum atomic E-state index is 0.131. The van der Waals surface area contributed by atoms with Crippen LogP contribution in [0.4, 0.5) is 0 Å². The molecule has 12 heavy (non-hydrogen) atoms. The Bertz CT molecular complexity index is 189. The van der Waals surface area contributed by atoms with Crippen molar-refractivity contribution >= 4 is 5.91 Å². The molecule has 0 bridgehead atoms. The lowest BCUT2D eigenvalue weighted by Crippen LogP contribution is -2.51. The second-order valence-corrected chi connectivity index (χ2v) is 3.08. The van der Waals surface area contributed by atoms with Gasteiger partial charge < -0.3 is 10.2 Å². The summed E-state index contributed by atoms with van der Waals surface area (Å²) in [4.78, 5) is 13.3. The van der Waals surface area contributed by atoms with Crippen molar-refractivity contribution in [2.24, 2.45) is 0 Å². The highest BCUT2D eigenvalue weighted by molar-refractivity contribution is 5.87. The number of amides is 1. The van der Waals surface area contributed by atoms with Crippen LogP contribution in [0.25, 0.3) is 0 Å². The lowest BCUT2D eigenvalue weighted by Gasteiger charge is -2.33. The molecule has 0 aliphatic carbocycles. The Hall–Kier alpha value is -0.830. The van der Waals surface area contributed by atoms with Crippen molar-refractivity contribution in [3.63, 3.8) is 0 Å². The van der Waals surface area contributed by atoms with Crippen LogP contribution in [0.3, 0.4) is 0 Å². The molecule has 1 fully saturated rings. The Morgan fingerprint density at radius 3 is 3.00 bits per heavy atom. The number of piperazine rings is 1. The Balaban J connectivity index is 2.53. The van der Waals surface area contributed by atoms with Crippen LogP contribution in [0.15, 0.2) is 12.2 Å². The SMILES string of the molecule is C/C=C/C(=O)N1CCNC[C@H]1C. The van der Waals surface area contributed by atoms with Gasteiger partial charge in [-0.15, -0.1) is 0 Å². The van der Waals surface area contributed by atoms with E-state index in [-0.39, 0.29) is 5.91 Å². The molecule has 1 heterocycles. The third-order valence-electron chi connectivity index (χ3n) is 2.09. The molecular formula is C9H16N2O. The van der Waals surface area contributed by atoms with Crippen LogP contribution in [0.2, 0.25) is 0 Å². The smallest absolute Gasteiger partial charge is 0.246 e. The number of rotatable bonds is 1. The maximum Gasteiger partial charge on any atom is 0.246 e. The molecule has 3 nitrogen and oxygen atoms in total. The molecule has 1 rings (SSSR count). The summed E-state index contributed by atoms with van der Waals surface area (Å²) >= 11 is 0. The molecule has 0 saturated carbocycles. The van der Waals surface area contributed by atoms with E-state index < -0.39 is 0 Å². The van der Waals surface area contributed by atoms with E-state index in [1.807, 2.05) is 11.8 Å². The molecule has 3 heteroatoms. The van der Waals surface area contributed by atoms with Crippen molar-refractivity contribution in [3.8, 4) is 0 Å². The molecule has 1 aliphatic rings. The number of hydrogen-bond acceptors (Lipinski definition) is 2. The Morgan fingerprint density at radius 1 is 1.67 bits per heavy atom. The lowest BCUT2D eigenvalue weighted by molar-refractivity contribution is -0.128. The number of carbonyl (C=O) groups excluding carboxylic acids is 1. The highest BCUT2D eigenvalue weighted by Gasteiger charge is 2.20. The van der Waals surface area contributed by atoms with Crippen LogP contribution in [-0.2, 0) is 4.79 Å². The number of hydrogen-bond donors (Lipinski definition) is 1. The van der Waals surface area contributed by atoms with E-state index in [1.165, 1.54) is 0 Å². The topological polar surface area (TPSA) is 32.3 Å². The molecule has 0 aromatic carbocycles. The second kappa shape index (κ2) is 4.26. The third kappa shape index (κ3) is 2.08. The fourth-order valence-corrected chi connectivity index (χ4v) is 1.41. The first kappa shape index (κ1) is 9.26. The standard InChI is InChI=1S/C9H16N2O/c1-3-4-9(12)11-6-5-10-7-8(11)2/h3-4,8,10H,5-7H2,1-2H3/b4-3+/t8-/m1/s1. The van der Waals surface area contributed by atoms with Gasteiger partial charge in [-0.25, -0.2) is 0 Å². The van der Waals surface area contributed by atoms with Crippen LogP contribution in [0.1, 0.15) is 13.8 Å². The minimum absolute atomic E-state index is 0.131. The van der Waals surface area contributed by atoms with Crippen molar-refractivity contribution in [3.05, 3.63) is 12.2 Å². The lowest BCUT2D eigenvalue weighted by atomic mass is 10.2. The van der Waals surface area contributed by atoms with Crippen molar-refractivity contribution in [1.29, 1.82) is 0 Å². The maximum absolute atomic E-state index is 11.4. The first-order valence-corrected chi connectivity index (χ1v) is 4.39. The zero-order valence-electron chi connectivity index (χ0n) is 7.71. The molecule has 1 aliphatic heterocycles. The summed E-state index contributed by atoms with van der Waals surface area (Å²) in [6, 6.07) is 0.322. The molecule has 0 spiro atoms. The summed E-state index contributed by atoms with van der Waals surface area (Å²) in [5, 5.41) is 3.24. The Morgan fingerprint density at radius 2 is 2.42 bits per heavy atom. The number of nitrogens with zero attached hydrogens (tertiary/aromatic N) is 1. The van der Waals surface area contributed by atoms with E-state index in [0.29, 0.717) is 6.04 Å². The number of allylic oxidation sites excluding steroid dienone is 1. The van der Waals surface area contributed by atoms with Gasteiger partial charge in [0.25, 0.3) is 0 Å². The monoisotopic (exact) mass is 168 g/mol. The quantitative estimate of drug-likeness (QED) is 0.574. The van der Waals surface area contributed by atoms with Crippen molar-refractivity contribution in [2.45, 2.75) is 19.9 Å². The van der Waals surface area contributed by atoms with E-state index >= 15 is 0 Å². The van der Waals surface area contributed by atoms with E-state index in [1.54, 1.807) is 12.2 Å². The van der Waals surface area contributed by atoms with Crippen molar-refractivity contribution in [2.75, 3.05) is 19.6 Å². The number of nitrogens with one attached hydrogen (secondary N) is 1. The highest BCUT2D eigenvalue weighted by atomic mass is 16.2. The second-order valence-electron chi connectivity index (χ2n) is 3.08.